The highest BCUT2D eigenvalue weighted by atomic mass is 16.2. The lowest BCUT2D eigenvalue weighted by Crippen LogP contribution is -2.54. The topological polar surface area (TPSA) is 64.7 Å². The predicted octanol–water partition coefficient (Wildman–Crippen LogP) is 1.03. The van der Waals surface area contributed by atoms with Crippen molar-refractivity contribution in [1.82, 2.24) is 20.4 Å². The third-order valence-electron chi connectivity index (χ3n) is 4.78. The van der Waals surface area contributed by atoms with Crippen LogP contribution in [0.4, 0.5) is 4.79 Å². The smallest absolute Gasteiger partial charge is 0.317 e. The molecule has 1 aliphatic heterocycles. The molecular weight excluding hydrogens is 304 g/mol. The number of hydrogen-bond acceptors (Lipinski definition) is 3. The SMILES string of the molecule is C#CCN1CCN(C(=O)N[C@@H]2CCC[C@H](C(=O)NC(C)C)C2)CC1. The molecule has 3 amide bonds. The summed E-state index contributed by atoms with van der Waals surface area (Å²) in [5.41, 5.74) is 0. The van der Waals surface area contributed by atoms with Crippen molar-refractivity contribution in [2.24, 2.45) is 5.92 Å². The van der Waals surface area contributed by atoms with E-state index in [1.807, 2.05) is 18.7 Å². The highest BCUT2D eigenvalue weighted by Crippen LogP contribution is 2.25. The summed E-state index contributed by atoms with van der Waals surface area (Å²) >= 11 is 0. The van der Waals surface area contributed by atoms with Crippen LogP contribution >= 0.6 is 0 Å². The zero-order chi connectivity index (χ0) is 17.5. The molecule has 0 radical (unpaired) electrons. The Labute approximate surface area is 145 Å². The number of hydrogen-bond donors (Lipinski definition) is 2. The summed E-state index contributed by atoms with van der Waals surface area (Å²) in [4.78, 5) is 28.7. The zero-order valence-electron chi connectivity index (χ0n) is 14.9. The summed E-state index contributed by atoms with van der Waals surface area (Å²) < 4.78 is 0. The van der Waals surface area contributed by atoms with Gasteiger partial charge >= 0.3 is 6.03 Å². The fourth-order valence-electron chi connectivity index (χ4n) is 3.47. The summed E-state index contributed by atoms with van der Waals surface area (Å²) in [6.07, 6.45) is 8.91. The molecule has 6 heteroatoms. The van der Waals surface area contributed by atoms with Crippen LogP contribution in [0.3, 0.4) is 0 Å². The van der Waals surface area contributed by atoms with Crippen LogP contribution in [0.5, 0.6) is 0 Å². The highest BCUT2D eigenvalue weighted by molar-refractivity contribution is 5.79. The summed E-state index contributed by atoms with van der Waals surface area (Å²) in [6.45, 7) is 7.64. The second-order valence-electron chi connectivity index (χ2n) is 7.14. The Hall–Kier alpha value is -1.74. The van der Waals surface area contributed by atoms with Crippen LogP contribution in [-0.4, -0.2) is 66.5 Å². The second-order valence-corrected chi connectivity index (χ2v) is 7.14. The van der Waals surface area contributed by atoms with Gasteiger partial charge in [0.15, 0.2) is 0 Å². The Kier molecular flexibility index (Phi) is 6.92. The first-order chi connectivity index (χ1) is 11.5. The van der Waals surface area contributed by atoms with Gasteiger partial charge in [0.1, 0.15) is 0 Å². The van der Waals surface area contributed by atoms with Crippen molar-refractivity contribution in [2.75, 3.05) is 32.7 Å². The van der Waals surface area contributed by atoms with Gasteiger partial charge in [0, 0.05) is 44.2 Å². The maximum Gasteiger partial charge on any atom is 0.317 e. The first-order valence-electron chi connectivity index (χ1n) is 9.01. The number of amides is 3. The van der Waals surface area contributed by atoms with Crippen molar-refractivity contribution in [3.05, 3.63) is 0 Å². The summed E-state index contributed by atoms with van der Waals surface area (Å²) in [5, 5.41) is 6.10. The molecule has 1 saturated carbocycles. The van der Waals surface area contributed by atoms with Crippen LogP contribution in [0.25, 0.3) is 0 Å². The molecule has 1 saturated heterocycles. The van der Waals surface area contributed by atoms with Gasteiger partial charge in [0.2, 0.25) is 5.91 Å². The first-order valence-corrected chi connectivity index (χ1v) is 9.01. The molecule has 0 aromatic carbocycles. The average molecular weight is 334 g/mol. The van der Waals surface area contributed by atoms with E-state index in [-0.39, 0.29) is 29.9 Å². The van der Waals surface area contributed by atoms with Crippen molar-refractivity contribution >= 4 is 11.9 Å². The highest BCUT2D eigenvalue weighted by Gasteiger charge is 2.30. The van der Waals surface area contributed by atoms with Crippen LogP contribution in [-0.2, 0) is 4.79 Å². The van der Waals surface area contributed by atoms with Gasteiger partial charge in [0.05, 0.1) is 6.54 Å². The van der Waals surface area contributed by atoms with Crippen LogP contribution in [0.2, 0.25) is 0 Å². The molecule has 134 valence electrons. The third kappa shape index (κ3) is 5.41. The molecule has 6 nitrogen and oxygen atoms in total. The lowest BCUT2D eigenvalue weighted by molar-refractivity contribution is -0.126. The molecule has 0 unspecified atom stereocenters. The number of piperazine rings is 1. The number of carbonyl (C=O) groups is 2. The number of nitrogens with zero attached hydrogens (tertiary/aromatic N) is 2. The van der Waals surface area contributed by atoms with Crippen molar-refractivity contribution in [1.29, 1.82) is 0 Å². The van der Waals surface area contributed by atoms with E-state index in [1.54, 1.807) is 0 Å². The molecule has 2 aliphatic rings. The molecule has 0 aromatic rings. The number of urea groups is 1. The molecule has 2 atom stereocenters. The maximum absolute atomic E-state index is 12.4. The van der Waals surface area contributed by atoms with E-state index >= 15 is 0 Å². The van der Waals surface area contributed by atoms with Gasteiger partial charge in [-0.3, -0.25) is 9.69 Å². The van der Waals surface area contributed by atoms with Gasteiger partial charge < -0.3 is 15.5 Å². The Morgan fingerprint density at radius 3 is 2.54 bits per heavy atom. The Morgan fingerprint density at radius 1 is 1.21 bits per heavy atom. The summed E-state index contributed by atoms with van der Waals surface area (Å²) in [7, 11) is 0. The van der Waals surface area contributed by atoms with E-state index in [2.05, 4.69) is 21.5 Å². The van der Waals surface area contributed by atoms with Gasteiger partial charge in [-0.25, -0.2) is 4.79 Å². The van der Waals surface area contributed by atoms with E-state index in [1.165, 1.54) is 0 Å². The quantitative estimate of drug-likeness (QED) is 0.755. The largest absolute Gasteiger partial charge is 0.354 e. The number of rotatable bonds is 4. The fourth-order valence-corrected chi connectivity index (χ4v) is 3.47. The van der Waals surface area contributed by atoms with Gasteiger partial charge in [-0.1, -0.05) is 12.3 Å². The molecule has 2 fully saturated rings. The van der Waals surface area contributed by atoms with Gasteiger partial charge in [0.25, 0.3) is 0 Å². The average Bonchev–Trinajstić information content (AvgIpc) is 2.55. The Bertz CT molecular complexity index is 478. The third-order valence-corrected chi connectivity index (χ3v) is 4.78. The molecule has 2 rings (SSSR count). The van der Waals surface area contributed by atoms with E-state index in [0.717, 1.165) is 38.8 Å². The molecule has 0 aromatic heterocycles. The minimum absolute atomic E-state index is 0.00900. The molecule has 1 heterocycles. The summed E-state index contributed by atoms with van der Waals surface area (Å²) in [6, 6.07) is 0.245. The van der Waals surface area contributed by atoms with Crippen LogP contribution in [0.1, 0.15) is 39.5 Å². The van der Waals surface area contributed by atoms with Crippen LogP contribution < -0.4 is 10.6 Å². The van der Waals surface area contributed by atoms with Crippen molar-refractivity contribution < 1.29 is 9.59 Å². The molecule has 24 heavy (non-hydrogen) atoms. The molecule has 2 N–H and O–H groups in total. The number of terminal acetylenes is 1. The van der Waals surface area contributed by atoms with Gasteiger partial charge in [-0.15, -0.1) is 6.42 Å². The van der Waals surface area contributed by atoms with Crippen molar-refractivity contribution in [3.8, 4) is 12.3 Å². The van der Waals surface area contributed by atoms with E-state index < -0.39 is 0 Å². The van der Waals surface area contributed by atoms with E-state index in [9.17, 15) is 9.59 Å². The molecular formula is C18H30N4O2. The molecule has 1 aliphatic carbocycles. The maximum atomic E-state index is 12.4. The number of nitrogens with one attached hydrogen (secondary N) is 2. The lowest BCUT2D eigenvalue weighted by atomic mass is 9.85. The monoisotopic (exact) mass is 334 g/mol. The zero-order valence-corrected chi connectivity index (χ0v) is 14.9. The van der Waals surface area contributed by atoms with Gasteiger partial charge in [-0.2, -0.15) is 0 Å². The first kappa shape index (κ1) is 18.6. The Balaban J connectivity index is 1.77. The standard InChI is InChI=1S/C18H30N4O2/c1-4-8-21-9-11-22(12-10-21)18(24)20-16-7-5-6-15(13-16)17(23)19-14(2)3/h1,14-16H,5-13H2,2-3H3,(H,19,23)(H,20,24)/t15-,16+/m0/s1. The summed E-state index contributed by atoms with van der Waals surface area (Å²) in [5.74, 6) is 2.78. The van der Waals surface area contributed by atoms with Gasteiger partial charge in [-0.05, 0) is 33.1 Å². The Morgan fingerprint density at radius 2 is 1.92 bits per heavy atom. The lowest BCUT2D eigenvalue weighted by Gasteiger charge is -2.36. The molecule has 0 spiro atoms. The van der Waals surface area contributed by atoms with E-state index in [4.69, 9.17) is 6.42 Å². The number of carbonyl (C=O) groups excluding carboxylic acids is 2. The predicted molar refractivity (Wildman–Crippen MR) is 94.4 cm³/mol. The van der Waals surface area contributed by atoms with Crippen LogP contribution in [0.15, 0.2) is 0 Å². The van der Waals surface area contributed by atoms with Crippen molar-refractivity contribution in [2.45, 2.75) is 51.6 Å². The normalized spacial score (nSPS) is 25.2. The van der Waals surface area contributed by atoms with Crippen molar-refractivity contribution in [3.63, 3.8) is 0 Å². The second kappa shape index (κ2) is 8.93. The molecule has 0 bridgehead atoms. The minimum Gasteiger partial charge on any atom is -0.354 e. The van der Waals surface area contributed by atoms with E-state index in [0.29, 0.717) is 19.6 Å². The minimum atomic E-state index is -0.00900. The van der Waals surface area contributed by atoms with Crippen LogP contribution in [0, 0.1) is 18.3 Å². The fraction of sp³-hybridized carbons (Fsp3) is 0.778.